The SMILES string of the molecule is NC(=O)Nc1sc2c(c1C(N)=O)CCc1nn(-c3cccnc3)cc1-2. The van der Waals surface area contributed by atoms with E-state index in [1.165, 1.54) is 11.3 Å². The predicted octanol–water partition coefficient (Wildman–Crippen LogP) is 1.68. The van der Waals surface area contributed by atoms with E-state index < -0.39 is 11.9 Å². The third kappa shape index (κ3) is 2.54. The first kappa shape index (κ1) is 15.3. The lowest BCUT2D eigenvalue weighted by atomic mass is 9.94. The number of anilines is 1. The molecule has 3 aromatic rings. The van der Waals surface area contributed by atoms with Crippen LogP contribution in [0.1, 0.15) is 21.6 Å². The summed E-state index contributed by atoms with van der Waals surface area (Å²) in [7, 11) is 0. The molecule has 0 radical (unpaired) electrons. The van der Waals surface area contributed by atoms with Crippen molar-refractivity contribution in [3.05, 3.63) is 47.5 Å². The number of nitrogens with zero attached hydrogens (tertiary/aromatic N) is 3. The van der Waals surface area contributed by atoms with Gasteiger partial charge in [-0.2, -0.15) is 5.10 Å². The number of pyridine rings is 1. The van der Waals surface area contributed by atoms with Crippen molar-refractivity contribution in [3.63, 3.8) is 0 Å². The standard InChI is InChI=1S/C16H14N6O2S/c17-14(23)12-9-3-4-11-10(13(9)25-15(12)20-16(18)24)7-22(21-11)8-2-1-5-19-6-8/h1-2,5-7H,3-4H2,(H2,17,23)(H3,18,20,24). The molecule has 0 aromatic carbocycles. The molecule has 0 bridgehead atoms. The number of aryl methyl sites for hydroxylation is 1. The van der Waals surface area contributed by atoms with Gasteiger partial charge in [0.2, 0.25) is 0 Å². The molecule has 0 aliphatic heterocycles. The fourth-order valence-corrected chi connectivity index (χ4v) is 4.32. The summed E-state index contributed by atoms with van der Waals surface area (Å²) in [5.41, 5.74) is 14.6. The minimum absolute atomic E-state index is 0.332. The summed E-state index contributed by atoms with van der Waals surface area (Å²) in [6, 6.07) is 3.02. The van der Waals surface area contributed by atoms with Crippen molar-refractivity contribution >= 4 is 28.3 Å². The van der Waals surface area contributed by atoms with E-state index in [4.69, 9.17) is 11.5 Å². The summed E-state index contributed by atoms with van der Waals surface area (Å²) in [6.07, 6.45) is 6.64. The highest BCUT2D eigenvalue weighted by Gasteiger charge is 2.29. The first-order chi connectivity index (χ1) is 12.0. The Labute approximate surface area is 146 Å². The molecule has 1 aliphatic rings. The summed E-state index contributed by atoms with van der Waals surface area (Å²) in [4.78, 5) is 28.1. The topological polar surface area (TPSA) is 129 Å². The number of carbonyl (C=O) groups is 2. The van der Waals surface area contributed by atoms with Gasteiger partial charge in [0.25, 0.3) is 5.91 Å². The molecule has 3 aromatic heterocycles. The zero-order valence-corrected chi connectivity index (χ0v) is 13.8. The van der Waals surface area contributed by atoms with Crippen LogP contribution < -0.4 is 16.8 Å². The molecule has 4 rings (SSSR count). The molecule has 126 valence electrons. The molecule has 3 heterocycles. The number of urea groups is 1. The fraction of sp³-hybridized carbons (Fsp3) is 0.125. The van der Waals surface area contributed by atoms with Gasteiger partial charge in [-0.1, -0.05) is 0 Å². The Hall–Kier alpha value is -3.20. The van der Waals surface area contributed by atoms with Gasteiger partial charge in [-0.05, 0) is 30.5 Å². The van der Waals surface area contributed by atoms with Gasteiger partial charge in [-0.15, -0.1) is 11.3 Å². The van der Waals surface area contributed by atoms with Crippen LogP contribution in [0.15, 0.2) is 30.7 Å². The normalized spacial score (nSPS) is 12.3. The van der Waals surface area contributed by atoms with Gasteiger partial charge >= 0.3 is 6.03 Å². The minimum Gasteiger partial charge on any atom is -0.365 e. The number of nitrogens with one attached hydrogen (secondary N) is 1. The van der Waals surface area contributed by atoms with Crippen molar-refractivity contribution in [2.24, 2.45) is 11.5 Å². The largest absolute Gasteiger partial charge is 0.365 e. The lowest BCUT2D eigenvalue weighted by molar-refractivity contribution is 0.100. The lowest BCUT2D eigenvalue weighted by Gasteiger charge is -2.11. The molecule has 0 unspecified atom stereocenters. The summed E-state index contributed by atoms with van der Waals surface area (Å²) in [5.74, 6) is -0.579. The molecule has 0 saturated heterocycles. The number of aromatic nitrogens is 3. The Kier molecular flexibility index (Phi) is 3.50. The molecule has 25 heavy (non-hydrogen) atoms. The molecule has 0 spiro atoms. The van der Waals surface area contributed by atoms with Gasteiger partial charge in [0.05, 0.1) is 23.1 Å². The molecule has 0 saturated carbocycles. The van der Waals surface area contributed by atoms with Gasteiger partial charge < -0.3 is 11.5 Å². The molecule has 8 nitrogen and oxygen atoms in total. The van der Waals surface area contributed by atoms with Crippen LogP contribution in [0.4, 0.5) is 9.80 Å². The first-order valence-electron chi connectivity index (χ1n) is 7.56. The van der Waals surface area contributed by atoms with E-state index in [0.29, 0.717) is 23.4 Å². The Morgan fingerprint density at radius 2 is 2.12 bits per heavy atom. The van der Waals surface area contributed by atoms with Crippen LogP contribution in [-0.4, -0.2) is 26.7 Å². The van der Waals surface area contributed by atoms with Crippen LogP contribution in [0.2, 0.25) is 0 Å². The zero-order chi connectivity index (χ0) is 17.6. The minimum atomic E-state index is -0.729. The van der Waals surface area contributed by atoms with Gasteiger partial charge in [-0.25, -0.2) is 9.48 Å². The highest BCUT2D eigenvalue weighted by atomic mass is 32.1. The van der Waals surface area contributed by atoms with Crippen LogP contribution in [0, 0.1) is 0 Å². The third-order valence-electron chi connectivity index (χ3n) is 4.05. The quantitative estimate of drug-likeness (QED) is 0.661. The highest BCUT2D eigenvalue weighted by Crippen LogP contribution is 2.44. The van der Waals surface area contributed by atoms with Gasteiger partial charge in [-0.3, -0.25) is 15.1 Å². The molecule has 0 fully saturated rings. The number of carbonyl (C=O) groups excluding carboxylic acids is 2. The lowest BCUT2D eigenvalue weighted by Crippen LogP contribution is -2.22. The fourth-order valence-electron chi connectivity index (χ4n) is 3.03. The van der Waals surface area contributed by atoms with Crippen molar-refractivity contribution in [2.45, 2.75) is 12.8 Å². The third-order valence-corrected chi connectivity index (χ3v) is 5.23. The number of thiophene rings is 1. The van der Waals surface area contributed by atoms with Crippen LogP contribution >= 0.6 is 11.3 Å². The Balaban J connectivity index is 1.85. The second-order valence-corrected chi connectivity index (χ2v) is 6.63. The zero-order valence-electron chi connectivity index (χ0n) is 13.0. The first-order valence-corrected chi connectivity index (χ1v) is 8.37. The second-order valence-electron chi connectivity index (χ2n) is 5.61. The molecule has 3 amide bonds. The maximum atomic E-state index is 11.9. The van der Waals surface area contributed by atoms with Crippen LogP contribution in [-0.2, 0) is 12.8 Å². The van der Waals surface area contributed by atoms with Crippen molar-refractivity contribution in [1.82, 2.24) is 14.8 Å². The monoisotopic (exact) mass is 354 g/mol. The molecular weight excluding hydrogens is 340 g/mol. The number of rotatable bonds is 3. The van der Waals surface area contributed by atoms with Crippen molar-refractivity contribution in [2.75, 3.05) is 5.32 Å². The smallest absolute Gasteiger partial charge is 0.317 e. The Bertz CT molecular complexity index is 992. The molecular formula is C16H14N6O2S. The summed E-state index contributed by atoms with van der Waals surface area (Å²) >= 11 is 1.29. The Morgan fingerprint density at radius 3 is 2.80 bits per heavy atom. The maximum Gasteiger partial charge on any atom is 0.317 e. The summed E-state index contributed by atoms with van der Waals surface area (Å²) in [5, 5.41) is 7.50. The number of hydrogen-bond donors (Lipinski definition) is 3. The average Bonchev–Trinajstić information content (AvgIpc) is 3.15. The molecule has 1 aliphatic carbocycles. The van der Waals surface area contributed by atoms with E-state index in [1.807, 2.05) is 18.3 Å². The van der Waals surface area contributed by atoms with Crippen molar-refractivity contribution < 1.29 is 9.59 Å². The predicted molar refractivity (Wildman–Crippen MR) is 93.8 cm³/mol. The number of nitrogens with two attached hydrogens (primary N) is 2. The number of primary amides is 2. The summed E-state index contributed by atoms with van der Waals surface area (Å²) in [6.45, 7) is 0. The molecule has 0 atom stereocenters. The number of amides is 3. The van der Waals surface area contributed by atoms with Crippen LogP contribution in [0.3, 0.4) is 0 Å². The maximum absolute atomic E-state index is 11.9. The van der Waals surface area contributed by atoms with E-state index in [1.54, 1.807) is 17.1 Å². The highest BCUT2D eigenvalue weighted by molar-refractivity contribution is 7.20. The van der Waals surface area contributed by atoms with Crippen LogP contribution in [0.25, 0.3) is 16.1 Å². The van der Waals surface area contributed by atoms with Crippen molar-refractivity contribution in [3.8, 4) is 16.1 Å². The van der Waals surface area contributed by atoms with Gasteiger partial charge in [0, 0.05) is 22.8 Å². The van der Waals surface area contributed by atoms with E-state index in [-0.39, 0.29) is 0 Å². The average molecular weight is 354 g/mol. The van der Waals surface area contributed by atoms with Gasteiger partial charge in [0.15, 0.2) is 0 Å². The van der Waals surface area contributed by atoms with Crippen molar-refractivity contribution in [1.29, 1.82) is 0 Å². The summed E-state index contributed by atoms with van der Waals surface area (Å²) < 4.78 is 1.76. The second kappa shape index (κ2) is 5.71. The molecule has 9 heteroatoms. The number of hydrogen-bond acceptors (Lipinski definition) is 5. The van der Waals surface area contributed by atoms with E-state index in [2.05, 4.69) is 15.4 Å². The van der Waals surface area contributed by atoms with E-state index in [0.717, 1.165) is 27.4 Å². The molecule has 5 N–H and O–H groups in total. The van der Waals surface area contributed by atoms with E-state index in [9.17, 15) is 9.59 Å². The van der Waals surface area contributed by atoms with E-state index >= 15 is 0 Å². The Morgan fingerprint density at radius 1 is 1.28 bits per heavy atom. The number of fused-ring (bicyclic) bond motifs is 3. The van der Waals surface area contributed by atoms with Gasteiger partial charge in [0.1, 0.15) is 5.00 Å². The van der Waals surface area contributed by atoms with Crippen LogP contribution in [0.5, 0.6) is 0 Å².